The molecule has 2 rings (SSSR count). The van der Waals surface area contributed by atoms with E-state index in [0.717, 1.165) is 10.0 Å². The lowest BCUT2D eigenvalue weighted by atomic mass is 10.2. The number of halogens is 1. The summed E-state index contributed by atoms with van der Waals surface area (Å²) >= 11 is 3.33. The molecule has 19 heavy (non-hydrogen) atoms. The average Bonchev–Trinajstić information content (AvgIpc) is 2.81. The predicted octanol–water partition coefficient (Wildman–Crippen LogP) is 1.69. The van der Waals surface area contributed by atoms with Gasteiger partial charge < -0.3 is 15.8 Å². The van der Waals surface area contributed by atoms with Gasteiger partial charge in [0.2, 0.25) is 0 Å². The second-order valence-electron chi connectivity index (χ2n) is 3.84. The first-order valence-electron chi connectivity index (χ1n) is 5.51. The number of amides is 1. The lowest BCUT2D eigenvalue weighted by Crippen LogP contribution is -2.23. The number of rotatable bonds is 4. The Bertz CT molecular complexity index is 597. The van der Waals surface area contributed by atoms with Crippen molar-refractivity contribution in [2.75, 3.05) is 12.8 Å². The van der Waals surface area contributed by atoms with Gasteiger partial charge in [-0.05, 0) is 18.2 Å². The van der Waals surface area contributed by atoms with Crippen LogP contribution < -0.4 is 15.8 Å². The molecule has 1 amide bonds. The molecular weight excluding hydrogens is 312 g/mol. The number of benzene rings is 1. The minimum atomic E-state index is -0.232. The minimum Gasteiger partial charge on any atom is -0.496 e. The van der Waals surface area contributed by atoms with E-state index >= 15 is 0 Å². The third-order valence-electron chi connectivity index (χ3n) is 2.60. The normalized spacial score (nSPS) is 10.2. The van der Waals surface area contributed by atoms with Gasteiger partial charge in [0.05, 0.1) is 18.9 Å². The number of nitrogens with zero attached hydrogens (tertiary/aromatic N) is 1. The van der Waals surface area contributed by atoms with Gasteiger partial charge in [0, 0.05) is 16.6 Å². The van der Waals surface area contributed by atoms with E-state index in [1.807, 2.05) is 0 Å². The third kappa shape index (κ3) is 3.05. The molecule has 1 aromatic carbocycles. The second kappa shape index (κ2) is 5.75. The summed E-state index contributed by atoms with van der Waals surface area (Å²) in [6.45, 7) is 0.306. The van der Waals surface area contributed by atoms with E-state index in [9.17, 15) is 4.79 Å². The Labute approximate surface area is 118 Å². The fraction of sp³-hybridized carbons (Fsp3) is 0.167. The maximum Gasteiger partial charge on any atom is 0.255 e. The molecule has 4 N–H and O–H groups in total. The van der Waals surface area contributed by atoms with Crippen LogP contribution in [-0.2, 0) is 6.54 Å². The Morgan fingerprint density at radius 3 is 3.00 bits per heavy atom. The average molecular weight is 325 g/mol. The van der Waals surface area contributed by atoms with Crippen molar-refractivity contribution >= 4 is 27.7 Å². The zero-order chi connectivity index (χ0) is 13.8. The van der Waals surface area contributed by atoms with E-state index in [2.05, 4.69) is 31.4 Å². The van der Waals surface area contributed by atoms with Crippen molar-refractivity contribution in [3.63, 3.8) is 0 Å². The number of aromatic amines is 1. The zero-order valence-corrected chi connectivity index (χ0v) is 11.8. The molecule has 0 fully saturated rings. The molecule has 0 aliphatic carbocycles. The molecule has 0 saturated carbocycles. The highest BCUT2D eigenvalue weighted by Crippen LogP contribution is 2.23. The number of hydrogen-bond acceptors (Lipinski definition) is 4. The minimum absolute atomic E-state index is 0.232. The summed E-state index contributed by atoms with van der Waals surface area (Å²) in [5.41, 5.74) is 6.85. The number of nitrogens with one attached hydrogen (secondary N) is 2. The van der Waals surface area contributed by atoms with E-state index in [4.69, 9.17) is 10.5 Å². The molecule has 1 aromatic heterocycles. The molecule has 0 bridgehead atoms. The van der Waals surface area contributed by atoms with Gasteiger partial charge in [-0.1, -0.05) is 15.9 Å². The van der Waals surface area contributed by atoms with Gasteiger partial charge in [-0.2, -0.15) is 5.10 Å². The van der Waals surface area contributed by atoms with Crippen LogP contribution in [0, 0.1) is 0 Å². The summed E-state index contributed by atoms with van der Waals surface area (Å²) in [5.74, 6) is 0.722. The van der Waals surface area contributed by atoms with Gasteiger partial charge in [-0.3, -0.25) is 9.89 Å². The summed E-state index contributed by atoms with van der Waals surface area (Å²) < 4.78 is 6.02. The molecule has 0 unspecified atom stereocenters. The van der Waals surface area contributed by atoms with E-state index in [-0.39, 0.29) is 5.91 Å². The van der Waals surface area contributed by atoms with Crippen molar-refractivity contribution < 1.29 is 9.53 Å². The zero-order valence-electron chi connectivity index (χ0n) is 10.2. The van der Waals surface area contributed by atoms with Gasteiger partial charge in [0.25, 0.3) is 5.91 Å². The summed E-state index contributed by atoms with van der Waals surface area (Å²) in [6, 6.07) is 5.21. The fourth-order valence-electron chi connectivity index (χ4n) is 1.59. The lowest BCUT2D eigenvalue weighted by molar-refractivity contribution is 0.0948. The van der Waals surface area contributed by atoms with Crippen LogP contribution in [0.15, 0.2) is 28.9 Å². The molecule has 1 heterocycles. The highest BCUT2D eigenvalue weighted by molar-refractivity contribution is 9.10. The van der Waals surface area contributed by atoms with Gasteiger partial charge in [0.15, 0.2) is 0 Å². The highest BCUT2D eigenvalue weighted by Gasteiger charge is 2.13. The molecule has 0 spiro atoms. The number of methoxy groups -OCH3 is 1. The van der Waals surface area contributed by atoms with Gasteiger partial charge in [-0.25, -0.2) is 0 Å². The molecule has 0 atom stereocenters. The first-order chi connectivity index (χ1) is 9.11. The van der Waals surface area contributed by atoms with Crippen molar-refractivity contribution in [3.05, 3.63) is 40.0 Å². The number of hydrogen-bond donors (Lipinski definition) is 3. The fourth-order valence-corrected chi connectivity index (χ4v) is 1.93. The van der Waals surface area contributed by atoms with Crippen LogP contribution in [0.4, 0.5) is 5.82 Å². The standard InChI is InChI=1S/C12H13BrN4O2/c1-19-10-4-8(13)2-3-9(10)12(18)15-5-7-6-16-17-11(7)14/h2-4,6H,5H2,1H3,(H,15,18)(H3,14,16,17). The summed E-state index contributed by atoms with van der Waals surface area (Å²) in [5, 5.41) is 9.16. The molecule has 2 aromatic rings. The Morgan fingerprint density at radius 1 is 1.58 bits per heavy atom. The second-order valence-corrected chi connectivity index (χ2v) is 4.75. The Hall–Kier alpha value is -2.02. The topological polar surface area (TPSA) is 93.0 Å². The number of H-pyrrole nitrogens is 1. The van der Waals surface area contributed by atoms with Gasteiger partial charge in [0.1, 0.15) is 11.6 Å². The molecule has 0 aliphatic rings. The summed E-state index contributed by atoms with van der Waals surface area (Å²) in [4.78, 5) is 12.1. The van der Waals surface area contributed by atoms with Crippen molar-refractivity contribution in [2.24, 2.45) is 0 Å². The lowest BCUT2D eigenvalue weighted by Gasteiger charge is -2.09. The maximum absolute atomic E-state index is 12.1. The first kappa shape index (κ1) is 13.4. The Kier molecular flexibility index (Phi) is 4.06. The molecule has 0 saturated heterocycles. The molecule has 0 radical (unpaired) electrons. The summed E-state index contributed by atoms with van der Waals surface area (Å²) in [6.07, 6.45) is 1.58. The third-order valence-corrected chi connectivity index (χ3v) is 3.09. The van der Waals surface area contributed by atoms with Crippen LogP contribution in [0.1, 0.15) is 15.9 Å². The van der Waals surface area contributed by atoms with Gasteiger partial charge >= 0.3 is 0 Å². The number of ether oxygens (including phenoxy) is 1. The molecule has 6 nitrogen and oxygen atoms in total. The van der Waals surface area contributed by atoms with E-state index in [1.165, 1.54) is 7.11 Å². The molecule has 100 valence electrons. The molecule has 7 heteroatoms. The van der Waals surface area contributed by atoms with Crippen LogP contribution in [0.25, 0.3) is 0 Å². The predicted molar refractivity (Wildman–Crippen MR) is 74.9 cm³/mol. The van der Waals surface area contributed by atoms with Crippen LogP contribution in [0.5, 0.6) is 5.75 Å². The Morgan fingerprint density at radius 2 is 2.37 bits per heavy atom. The molecular formula is C12H13BrN4O2. The van der Waals surface area contributed by atoms with Crippen LogP contribution in [0.3, 0.4) is 0 Å². The first-order valence-corrected chi connectivity index (χ1v) is 6.30. The number of nitrogen functional groups attached to an aromatic ring is 1. The maximum atomic E-state index is 12.1. The van der Waals surface area contributed by atoms with Crippen molar-refractivity contribution in [1.29, 1.82) is 0 Å². The van der Waals surface area contributed by atoms with Crippen LogP contribution >= 0.6 is 15.9 Å². The monoisotopic (exact) mass is 324 g/mol. The van der Waals surface area contributed by atoms with Crippen LogP contribution in [0.2, 0.25) is 0 Å². The smallest absolute Gasteiger partial charge is 0.255 e. The van der Waals surface area contributed by atoms with E-state index in [0.29, 0.717) is 23.7 Å². The summed E-state index contributed by atoms with van der Waals surface area (Å²) in [7, 11) is 1.52. The van der Waals surface area contributed by atoms with E-state index in [1.54, 1.807) is 24.4 Å². The van der Waals surface area contributed by atoms with Gasteiger partial charge in [-0.15, -0.1) is 0 Å². The number of nitrogens with two attached hydrogens (primary N) is 1. The SMILES string of the molecule is COc1cc(Br)ccc1C(=O)NCc1cn[nH]c1N. The van der Waals surface area contributed by atoms with Crippen molar-refractivity contribution in [2.45, 2.75) is 6.54 Å². The number of aromatic nitrogens is 2. The highest BCUT2D eigenvalue weighted by atomic mass is 79.9. The van der Waals surface area contributed by atoms with E-state index < -0.39 is 0 Å². The number of carbonyl (C=O) groups is 1. The van der Waals surface area contributed by atoms with Crippen LogP contribution in [-0.4, -0.2) is 23.2 Å². The number of anilines is 1. The Balaban J connectivity index is 2.10. The molecule has 0 aliphatic heterocycles. The van der Waals surface area contributed by atoms with Crippen molar-refractivity contribution in [1.82, 2.24) is 15.5 Å². The quantitative estimate of drug-likeness (QED) is 0.797. The van der Waals surface area contributed by atoms with Crippen molar-refractivity contribution in [3.8, 4) is 5.75 Å². The largest absolute Gasteiger partial charge is 0.496 e. The number of carbonyl (C=O) groups excluding carboxylic acids is 1.